The van der Waals surface area contributed by atoms with E-state index in [1.807, 2.05) is 0 Å². The lowest BCUT2D eigenvalue weighted by atomic mass is 9.81. The molecule has 0 amide bonds. The normalized spacial score (nSPS) is 15.6. The zero-order valence-electron chi connectivity index (χ0n) is 32.4. The Morgan fingerprint density at radius 2 is 1.19 bits per heavy atom. The molecule has 0 radical (unpaired) electrons. The van der Waals surface area contributed by atoms with Crippen molar-refractivity contribution in [3.05, 3.63) is 186 Å². The minimum atomic E-state index is -0.109. The van der Waals surface area contributed by atoms with Gasteiger partial charge in [0.25, 0.3) is 0 Å². The Kier molecular flexibility index (Phi) is 7.09. The highest BCUT2D eigenvalue weighted by molar-refractivity contribution is 6.10. The first-order valence-corrected chi connectivity index (χ1v) is 20.7. The second-order valence-electron chi connectivity index (χ2n) is 17.1. The van der Waals surface area contributed by atoms with Crippen LogP contribution in [0.3, 0.4) is 0 Å². The van der Waals surface area contributed by atoms with Crippen LogP contribution in [0.2, 0.25) is 0 Å². The van der Waals surface area contributed by atoms with E-state index in [1.54, 1.807) is 0 Å². The third-order valence-electron chi connectivity index (χ3n) is 13.2. The molecule has 3 aliphatic rings. The van der Waals surface area contributed by atoms with Gasteiger partial charge in [0.05, 0.1) is 5.69 Å². The van der Waals surface area contributed by atoms with E-state index < -0.39 is 0 Å². The lowest BCUT2D eigenvalue weighted by Crippen LogP contribution is -2.15. The predicted octanol–water partition coefficient (Wildman–Crippen LogP) is 15.6. The molecule has 2 nitrogen and oxygen atoms in total. The monoisotopic (exact) mass is 733 g/mol. The van der Waals surface area contributed by atoms with Crippen LogP contribution < -0.4 is 4.90 Å². The third-order valence-corrected chi connectivity index (χ3v) is 13.2. The summed E-state index contributed by atoms with van der Waals surface area (Å²) in [7, 11) is 0. The van der Waals surface area contributed by atoms with Crippen LogP contribution in [-0.2, 0) is 5.41 Å². The minimum Gasteiger partial charge on any atom is -0.456 e. The molecule has 0 aliphatic heterocycles. The van der Waals surface area contributed by atoms with Gasteiger partial charge in [0.15, 0.2) is 0 Å². The van der Waals surface area contributed by atoms with Crippen molar-refractivity contribution >= 4 is 49.8 Å². The Balaban J connectivity index is 1.11. The van der Waals surface area contributed by atoms with Crippen molar-refractivity contribution in [2.45, 2.75) is 56.8 Å². The van der Waals surface area contributed by atoms with Crippen LogP contribution in [0.15, 0.2) is 168 Å². The Morgan fingerprint density at radius 1 is 0.491 bits per heavy atom. The highest BCUT2D eigenvalue weighted by Crippen LogP contribution is 2.53. The molecule has 2 fully saturated rings. The van der Waals surface area contributed by atoms with Gasteiger partial charge >= 0.3 is 0 Å². The number of furan rings is 1. The zero-order chi connectivity index (χ0) is 37.8. The number of anilines is 3. The number of fused-ring (bicyclic) bond motifs is 7. The molecule has 3 aliphatic carbocycles. The first-order valence-electron chi connectivity index (χ1n) is 20.7. The van der Waals surface area contributed by atoms with Gasteiger partial charge < -0.3 is 9.32 Å². The van der Waals surface area contributed by atoms with Gasteiger partial charge in [-0.25, -0.2) is 0 Å². The molecule has 2 saturated carbocycles. The second kappa shape index (κ2) is 12.3. The standard InChI is InChI=1S/C55H43NO/c1-55(2)49-20-8-7-17-45(49)46-28-25-38(32-50(46)55)53-43-16-4-3-11-34(43)26-29-51(53)56(39-13-9-12-37(31-39)42-15-6-5-14-41(42)35-21-22-35)40-27-30-52-48(33-40)47-19-10-18-44(36-23-24-36)54(47)57-52/h3-20,25-33,35-36H,21-24H2,1-2H3. The van der Waals surface area contributed by atoms with Crippen molar-refractivity contribution in [1.82, 2.24) is 0 Å². The van der Waals surface area contributed by atoms with E-state index in [9.17, 15) is 0 Å². The number of para-hydroxylation sites is 1. The van der Waals surface area contributed by atoms with E-state index in [0.717, 1.165) is 33.6 Å². The quantitative estimate of drug-likeness (QED) is 0.162. The third kappa shape index (κ3) is 5.16. The van der Waals surface area contributed by atoms with E-state index in [4.69, 9.17) is 4.42 Å². The molecule has 0 saturated heterocycles. The van der Waals surface area contributed by atoms with Crippen molar-refractivity contribution in [2.75, 3.05) is 4.90 Å². The maximum Gasteiger partial charge on any atom is 0.138 e. The van der Waals surface area contributed by atoms with E-state index >= 15 is 0 Å². The molecule has 1 heterocycles. The summed E-state index contributed by atoms with van der Waals surface area (Å²) < 4.78 is 6.67. The molecule has 12 rings (SSSR count). The molecule has 8 aromatic carbocycles. The molecule has 274 valence electrons. The zero-order valence-corrected chi connectivity index (χ0v) is 32.4. The summed E-state index contributed by atoms with van der Waals surface area (Å²) in [5, 5.41) is 4.83. The average molecular weight is 734 g/mol. The summed E-state index contributed by atoms with van der Waals surface area (Å²) in [6.07, 6.45) is 5.03. The first kappa shape index (κ1) is 32.8. The molecular formula is C55H43NO. The van der Waals surface area contributed by atoms with E-state index in [-0.39, 0.29) is 5.41 Å². The lowest BCUT2D eigenvalue weighted by molar-refractivity contribution is 0.660. The van der Waals surface area contributed by atoms with E-state index in [1.165, 1.54) is 97.5 Å². The molecule has 1 aromatic heterocycles. The molecule has 0 spiro atoms. The summed E-state index contributed by atoms with van der Waals surface area (Å²) in [6, 6.07) is 61.4. The van der Waals surface area contributed by atoms with Crippen LogP contribution in [0.25, 0.3) is 66.1 Å². The maximum absolute atomic E-state index is 6.67. The van der Waals surface area contributed by atoms with Crippen LogP contribution in [0.1, 0.15) is 73.6 Å². The largest absolute Gasteiger partial charge is 0.456 e. The van der Waals surface area contributed by atoms with Gasteiger partial charge in [-0.15, -0.1) is 0 Å². The number of rotatable bonds is 7. The lowest BCUT2D eigenvalue weighted by Gasteiger charge is -2.30. The number of benzene rings is 8. The first-order chi connectivity index (χ1) is 28.0. The molecule has 0 N–H and O–H groups in total. The van der Waals surface area contributed by atoms with Crippen molar-refractivity contribution in [3.8, 4) is 33.4 Å². The van der Waals surface area contributed by atoms with Crippen LogP contribution in [-0.4, -0.2) is 0 Å². The highest BCUT2D eigenvalue weighted by atomic mass is 16.3. The molecule has 0 bridgehead atoms. The molecule has 2 heteroatoms. The summed E-state index contributed by atoms with van der Waals surface area (Å²) in [6.45, 7) is 4.75. The Hall–Kier alpha value is -6.38. The highest BCUT2D eigenvalue weighted by Gasteiger charge is 2.36. The van der Waals surface area contributed by atoms with Gasteiger partial charge in [-0.1, -0.05) is 135 Å². The van der Waals surface area contributed by atoms with Crippen LogP contribution >= 0.6 is 0 Å². The topological polar surface area (TPSA) is 16.4 Å². The number of hydrogen-bond donors (Lipinski definition) is 0. The Bertz CT molecular complexity index is 3080. The van der Waals surface area contributed by atoms with Gasteiger partial charge in [-0.05, 0) is 141 Å². The summed E-state index contributed by atoms with van der Waals surface area (Å²) in [5.74, 6) is 1.26. The molecule has 0 atom stereocenters. The van der Waals surface area contributed by atoms with Gasteiger partial charge in [-0.3, -0.25) is 0 Å². The van der Waals surface area contributed by atoms with Crippen LogP contribution in [0, 0.1) is 0 Å². The van der Waals surface area contributed by atoms with Crippen molar-refractivity contribution < 1.29 is 4.42 Å². The summed E-state index contributed by atoms with van der Waals surface area (Å²) in [5.41, 5.74) is 18.6. The van der Waals surface area contributed by atoms with Gasteiger partial charge in [0.1, 0.15) is 11.2 Å². The predicted molar refractivity (Wildman–Crippen MR) is 238 cm³/mol. The fourth-order valence-electron chi connectivity index (χ4n) is 10.0. The Morgan fingerprint density at radius 3 is 2.07 bits per heavy atom. The Labute approximate surface area is 334 Å². The van der Waals surface area contributed by atoms with Crippen LogP contribution in [0.5, 0.6) is 0 Å². The SMILES string of the molecule is CC1(C)c2ccccc2-c2ccc(-c3c(N(c4cccc(-c5ccccc5C5CC5)c4)c4ccc5oc6c(C7CC7)cccc6c5c4)ccc4ccccc34)cc21. The molecule has 0 unspecified atom stereocenters. The summed E-state index contributed by atoms with van der Waals surface area (Å²) in [4.78, 5) is 2.50. The van der Waals surface area contributed by atoms with Gasteiger partial charge in [-0.2, -0.15) is 0 Å². The number of hydrogen-bond acceptors (Lipinski definition) is 2. The molecule has 57 heavy (non-hydrogen) atoms. The van der Waals surface area contributed by atoms with E-state index in [2.05, 4.69) is 183 Å². The van der Waals surface area contributed by atoms with Crippen molar-refractivity contribution in [1.29, 1.82) is 0 Å². The molecule has 9 aromatic rings. The maximum atomic E-state index is 6.67. The smallest absolute Gasteiger partial charge is 0.138 e. The fourth-order valence-corrected chi connectivity index (χ4v) is 10.0. The summed E-state index contributed by atoms with van der Waals surface area (Å²) >= 11 is 0. The van der Waals surface area contributed by atoms with E-state index in [0.29, 0.717) is 11.8 Å². The second-order valence-corrected chi connectivity index (χ2v) is 17.1. The van der Waals surface area contributed by atoms with Gasteiger partial charge in [0.2, 0.25) is 0 Å². The van der Waals surface area contributed by atoms with Crippen LogP contribution in [0.4, 0.5) is 17.1 Å². The fraction of sp³-hybridized carbons (Fsp3) is 0.164. The minimum absolute atomic E-state index is 0.109. The number of nitrogens with zero attached hydrogens (tertiary/aromatic N) is 1. The van der Waals surface area contributed by atoms with Crippen molar-refractivity contribution in [2.24, 2.45) is 0 Å². The van der Waals surface area contributed by atoms with Gasteiger partial charge in [0, 0.05) is 33.1 Å². The molecular weight excluding hydrogens is 691 g/mol. The average Bonchev–Trinajstić information content (AvgIpc) is 4.21. The van der Waals surface area contributed by atoms with Crippen molar-refractivity contribution in [3.63, 3.8) is 0 Å².